The van der Waals surface area contributed by atoms with Gasteiger partial charge in [0.15, 0.2) is 5.82 Å². The van der Waals surface area contributed by atoms with E-state index in [1.165, 1.54) is 11.0 Å². The van der Waals surface area contributed by atoms with Crippen LogP contribution in [0.25, 0.3) is 5.82 Å². The van der Waals surface area contributed by atoms with E-state index >= 15 is 0 Å². The molecule has 0 unspecified atom stereocenters. The van der Waals surface area contributed by atoms with Crippen molar-refractivity contribution in [1.29, 1.82) is 0 Å². The monoisotopic (exact) mass is 452 g/mol. The Morgan fingerprint density at radius 3 is 2.61 bits per heavy atom. The first-order valence-electron chi connectivity index (χ1n) is 11.3. The van der Waals surface area contributed by atoms with Gasteiger partial charge in [-0.25, -0.2) is 9.78 Å². The molecule has 1 aliphatic carbocycles. The molecule has 0 N–H and O–H groups in total. The Kier molecular flexibility index (Phi) is 5.43. The third-order valence-corrected chi connectivity index (χ3v) is 7.39. The van der Waals surface area contributed by atoms with Gasteiger partial charge in [0.1, 0.15) is 12.9 Å². The van der Waals surface area contributed by atoms with Gasteiger partial charge in [0.05, 0.1) is 34.8 Å². The Hall–Kier alpha value is -3.21. The van der Waals surface area contributed by atoms with E-state index in [1.807, 2.05) is 4.90 Å². The predicted molar refractivity (Wildman–Crippen MR) is 115 cm³/mol. The minimum atomic E-state index is -0.330. The molecule has 4 heterocycles. The molecule has 11 nitrogen and oxygen atoms in total. The number of cyclic esters (lactones) is 1. The molecule has 1 spiro atoms. The zero-order valence-corrected chi connectivity index (χ0v) is 19.1. The van der Waals surface area contributed by atoms with Crippen LogP contribution in [0.4, 0.5) is 0 Å². The number of carbonyl (C=O) groups excluding carboxylic acids is 2. The average Bonchev–Trinajstić information content (AvgIpc) is 3.51. The van der Waals surface area contributed by atoms with E-state index in [0.29, 0.717) is 24.0 Å². The van der Waals surface area contributed by atoms with E-state index < -0.39 is 0 Å². The molecule has 0 bridgehead atoms. The molecule has 11 heteroatoms. The molecule has 174 valence electrons. The van der Waals surface area contributed by atoms with Gasteiger partial charge in [0, 0.05) is 18.6 Å². The average molecular weight is 453 g/mol. The quantitative estimate of drug-likeness (QED) is 0.618. The number of rotatable bonds is 5. The summed E-state index contributed by atoms with van der Waals surface area (Å²) in [5.41, 5.74) is 1.85. The van der Waals surface area contributed by atoms with Crippen molar-refractivity contribution in [3.63, 3.8) is 0 Å². The minimum absolute atomic E-state index is 0.0835. The van der Waals surface area contributed by atoms with E-state index in [1.54, 1.807) is 19.3 Å². The van der Waals surface area contributed by atoms with Crippen molar-refractivity contribution in [1.82, 2.24) is 40.0 Å². The lowest BCUT2D eigenvalue weighted by Crippen LogP contribution is -2.42. The number of nitrogens with zero attached hydrogens (tertiary/aromatic N) is 8. The summed E-state index contributed by atoms with van der Waals surface area (Å²) in [6.45, 7) is 4.71. The number of amides is 1. The van der Waals surface area contributed by atoms with Crippen molar-refractivity contribution in [2.75, 3.05) is 13.7 Å². The van der Waals surface area contributed by atoms with E-state index in [2.05, 4.69) is 44.4 Å². The second-order valence-electron chi connectivity index (χ2n) is 9.42. The van der Waals surface area contributed by atoms with E-state index in [0.717, 1.165) is 43.5 Å². The highest BCUT2D eigenvalue weighted by Crippen LogP contribution is 2.49. The van der Waals surface area contributed by atoms with Gasteiger partial charge < -0.3 is 9.64 Å². The maximum absolute atomic E-state index is 13.5. The highest BCUT2D eigenvalue weighted by atomic mass is 16.5. The van der Waals surface area contributed by atoms with Crippen LogP contribution in [0.15, 0.2) is 30.0 Å². The molecule has 1 amide bonds. The molecule has 1 atom stereocenters. The van der Waals surface area contributed by atoms with Crippen LogP contribution >= 0.6 is 0 Å². The number of aromatic nitrogens is 6. The van der Waals surface area contributed by atoms with E-state index in [4.69, 9.17) is 4.74 Å². The van der Waals surface area contributed by atoms with Crippen LogP contribution in [-0.2, 0) is 20.9 Å². The van der Waals surface area contributed by atoms with Crippen molar-refractivity contribution in [3.8, 4) is 5.82 Å². The maximum Gasteiger partial charge on any atom is 0.336 e. The summed E-state index contributed by atoms with van der Waals surface area (Å²) in [7, 11) is 2.10. The molecule has 0 aromatic carbocycles. The van der Waals surface area contributed by atoms with Crippen molar-refractivity contribution < 1.29 is 14.3 Å². The summed E-state index contributed by atoms with van der Waals surface area (Å²) in [5, 5.41) is 11.0. The third kappa shape index (κ3) is 3.79. The first-order chi connectivity index (χ1) is 15.9. The largest absolute Gasteiger partial charge is 0.456 e. The molecule has 3 aliphatic rings. The summed E-state index contributed by atoms with van der Waals surface area (Å²) in [5.74, 6) is 0.419. The van der Waals surface area contributed by atoms with Crippen molar-refractivity contribution in [3.05, 3.63) is 35.7 Å². The van der Waals surface area contributed by atoms with Crippen LogP contribution in [0.5, 0.6) is 0 Å². The fraction of sp³-hybridized carbons (Fsp3) is 0.591. The highest BCUT2D eigenvalue weighted by molar-refractivity contribution is 5.94. The minimum Gasteiger partial charge on any atom is -0.456 e. The second kappa shape index (κ2) is 8.29. The van der Waals surface area contributed by atoms with Crippen LogP contribution in [0.2, 0.25) is 0 Å². The number of likely N-dealkylation sites (tertiary alicyclic amines) is 1. The smallest absolute Gasteiger partial charge is 0.336 e. The SMILES string of the molecule is CC1=C(N2C(=O)C3(CCC(N(C)Cc4cnc(-n5cnnn5)cn4)CC3)C[C@@H]2C)COC1=O. The molecule has 2 aromatic heterocycles. The van der Waals surface area contributed by atoms with Gasteiger partial charge in [-0.1, -0.05) is 0 Å². The number of carbonyl (C=O) groups is 2. The van der Waals surface area contributed by atoms with Crippen LogP contribution < -0.4 is 0 Å². The predicted octanol–water partition coefficient (Wildman–Crippen LogP) is 1.26. The van der Waals surface area contributed by atoms with Gasteiger partial charge in [-0.05, 0) is 63.4 Å². The van der Waals surface area contributed by atoms with Crippen LogP contribution in [0.3, 0.4) is 0 Å². The fourth-order valence-corrected chi connectivity index (χ4v) is 5.52. The Bertz CT molecular complexity index is 1070. The Balaban J connectivity index is 1.21. The molecule has 2 aliphatic heterocycles. The highest BCUT2D eigenvalue weighted by Gasteiger charge is 2.53. The molecular weight excluding hydrogens is 424 g/mol. The summed E-state index contributed by atoms with van der Waals surface area (Å²) < 4.78 is 6.63. The zero-order valence-electron chi connectivity index (χ0n) is 19.1. The number of tetrazole rings is 1. The van der Waals surface area contributed by atoms with Gasteiger partial charge >= 0.3 is 5.97 Å². The van der Waals surface area contributed by atoms with E-state index in [9.17, 15) is 9.59 Å². The molecule has 5 rings (SSSR count). The molecule has 2 fully saturated rings. The Morgan fingerprint density at radius 2 is 2.00 bits per heavy atom. The van der Waals surface area contributed by atoms with Crippen LogP contribution in [0.1, 0.15) is 51.6 Å². The molecule has 33 heavy (non-hydrogen) atoms. The second-order valence-corrected chi connectivity index (χ2v) is 9.42. The topological polar surface area (TPSA) is 119 Å². The van der Waals surface area contributed by atoms with E-state index in [-0.39, 0.29) is 29.9 Å². The summed E-state index contributed by atoms with van der Waals surface area (Å²) in [4.78, 5) is 38.4. The zero-order chi connectivity index (χ0) is 23.2. The lowest BCUT2D eigenvalue weighted by molar-refractivity contribution is -0.139. The van der Waals surface area contributed by atoms with Gasteiger partial charge in [-0.2, -0.15) is 4.68 Å². The summed E-state index contributed by atoms with van der Waals surface area (Å²) in [6, 6.07) is 0.464. The fourth-order valence-electron chi connectivity index (χ4n) is 5.52. The van der Waals surface area contributed by atoms with Gasteiger partial charge in [0.2, 0.25) is 5.91 Å². The Labute approximate surface area is 191 Å². The number of ether oxygens (including phenoxy) is 1. The number of hydrogen-bond acceptors (Lipinski definition) is 9. The standard InChI is InChI=1S/C22H28N8O3/c1-14-8-22(21(32)30(14)18-12-33-20(31)15(18)2)6-4-17(5-7-22)28(3)11-16-9-24-19(10-23-16)29-13-25-26-27-29/h9-10,13-14,17H,4-8,11-12H2,1-3H3/t14-,17?,22?/m0/s1. The van der Waals surface area contributed by atoms with Crippen molar-refractivity contribution in [2.45, 2.75) is 64.6 Å². The third-order valence-electron chi connectivity index (χ3n) is 7.39. The normalized spacial score (nSPS) is 27.8. The lowest BCUT2D eigenvalue weighted by atomic mass is 9.70. The van der Waals surface area contributed by atoms with Crippen molar-refractivity contribution >= 4 is 11.9 Å². The van der Waals surface area contributed by atoms with Crippen LogP contribution in [-0.4, -0.2) is 77.6 Å². The molecule has 1 saturated heterocycles. The van der Waals surface area contributed by atoms with Gasteiger partial charge in [-0.15, -0.1) is 5.10 Å². The van der Waals surface area contributed by atoms with Crippen molar-refractivity contribution in [2.24, 2.45) is 5.41 Å². The molecule has 2 aromatic rings. The first-order valence-corrected chi connectivity index (χ1v) is 11.3. The van der Waals surface area contributed by atoms with Gasteiger partial charge in [-0.3, -0.25) is 14.7 Å². The lowest BCUT2D eigenvalue weighted by Gasteiger charge is -2.39. The van der Waals surface area contributed by atoms with Gasteiger partial charge in [0.25, 0.3) is 0 Å². The first kappa shape index (κ1) is 21.6. The molecular formula is C22H28N8O3. The number of hydrogen-bond donors (Lipinski definition) is 0. The molecule has 1 saturated carbocycles. The van der Waals surface area contributed by atoms with Crippen LogP contribution in [0, 0.1) is 5.41 Å². The Morgan fingerprint density at radius 1 is 1.21 bits per heavy atom. The summed E-state index contributed by atoms with van der Waals surface area (Å²) in [6.07, 6.45) is 9.33. The molecule has 0 radical (unpaired) electrons. The number of esters is 1. The maximum atomic E-state index is 13.5. The summed E-state index contributed by atoms with van der Waals surface area (Å²) >= 11 is 0.